The second kappa shape index (κ2) is 10.4. The summed E-state index contributed by atoms with van der Waals surface area (Å²) in [6.07, 6.45) is 2.83. The van der Waals surface area contributed by atoms with Crippen LogP contribution in [-0.2, 0) is 19.6 Å². The number of anilines is 1. The molecule has 5 rings (SSSR count). The third-order valence-electron chi connectivity index (χ3n) is 6.68. The van der Waals surface area contributed by atoms with Crippen LogP contribution >= 0.6 is 11.3 Å². The first-order valence-corrected chi connectivity index (χ1v) is 14.2. The van der Waals surface area contributed by atoms with Crippen LogP contribution in [0.2, 0.25) is 0 Å². The number of piperidine rings is 1. The van der Waals surface area contributed by atoms with Gasteiger partial charge in [0.25, 0.3) is 0 Å². The molecule has 2 atom stereocenters. The molecule has 192 valence electrons. The topological polar surface area (TPSA) is 89.0 Å². The maximum absolute atomic E-state index is 13.9. The van der Waals surface area contributed by atoms with Crippen LogP contribution in [0.15, 0.2) is 47.4 Å². The van der Waals surface area contributed by atoms with Crippen molar-refractivity contribution < 1.29 is 27.1 Å². The molecule has 3 heterocycles. The Morgan fingerprint density at radius 3 is 2.75 bits per heavy atom. The SMILES string of the molecule is COc1cccc2sc(N(CC3CCCO3)C(=O)C3CCCN(S(=O)(=O)c4ccc(F)cc4)C3)nc12. The van der Waals surface area contributed by atoms with Gasteiger partial charge in [-0.05, 0) is 62.1 Å². The second-order valence-corrected chi connectivity index (χ2v) is 12.0. The van der Waals surface area contributed by atoms with Crippen LogP contribution in [-0.4, -0.2) is 63.1 Å². The van der Waals surface area contributed by atoms with Gasteiger partial charge in [0.1, 0.15) is 17.1 Å². The minimum Gasteiger partial charge on any atom is -0.494 e. The van der Waals surface area contributed by atoms with Gasteiger partial charge in [0.15, 0.2) is 5.13 Å². The number of benzene rings is 2. The van der Waals surface area contributed by atoms with Crippen LogP contribution in [0.3, 0.4) is 0 Å². The summed E-state index contributed by atoms with van der Waals surface area (Å²) in [5.41, 5.74) is 0.689. The van der Waals surface area contributed by atoms with Crippen molar-refractivity contribution in [1.29, 1.82) is 0 Å². The molecule has 2 aliphatic heterocycles. The molecule has 1 amide bonds. The van der Waals surface area contributed by atoms with Gasteiger partial charge in [-0.15, -0.1) is 0 Å². The molecule has 36 heavy (non-hydrogen) atoms. The van der Waals surface area contributed by atoms with Crippen molar-refractivity contribution >= 4 is 42.6 Å². The van der Waals surface area contributed by atoms with E-state index in [1.807, 2.05) is 18.2 Å². The zero-order valence-corrected chi connectivity index (χ0v) is 21.6. The maximum Gasteiger partial charge on any atom is 0.243 e. The number of hydrogen-bond donors (Lipinski definition) is 0. The molecule has 11 heteroatoms. The standard InChI is InChI=1S/C25H28FN3O5S2/c1-33-21-7-2-8-22-23(21)27-25(35-22)29(16-19-6-4-14-34-19)24(30)17-5-3-13-28(15-17)36(31,32)20-11-9-18(26)10-12-20/h2,7-12,17,19H,3-6,13-16H2,1H3. The minimum absolute atomic E-state index is 0.0199. The van der Waals surface area contributed by atoms with Gasteiger partial charge in [0.2, 0.25) is 15.9 Å². The molecule has 2 saturated heterocycles. The number of ether oxygens (including phenoxy) is 2. The molecule has 0 saturated carbocycles. The van der Waals surface area contributed by atoms with E-state index < -0.39 is 21.8 Å². The van der Waals surface area contributed by atoms with Crippen LogP contribution < -0.4 is 9.64 Å². The number of halogens is 1. The Labute approximate surface area is 213 Å². The molecule has 2 fully saturated rings. The Balaban J connectivity index is 1.42. The molecule has 0 N–H and O–H groups in total. The number of aromatic nitrogens is 1. The van der Waals surface area contributed by atoms with Crippen LogP contribution in [0.1, 0.15) is 25.7 Å². The van der Waals surface area contributed by atoms with Crippen molar-refractivity contribution in [2.45, 2.75) is 36.7 Å². The molecule has 2 aromatic carbocycles. The number of fused-ring (bicyclic) bond motifs is 1. The van der Waals surface area contributed by atoms with Gasteiger partial charge >= 0.3 is 0 Å². The summed E-state index contributed by atoms with van der Waals surface area (Å²) < 4.78 is 53.3. The van der Waals surface area contributed by atoms with E-state index >= 15 is 0 Å². The number of rotatable bonds is 7. The number of thiazole rings is 1. The molecule has 0 spiro atoms. The third kappa shape index (κ3) is 4.97. The van der Waals surface area contributed by atoms with E-state index in [-0.39, 0.29) is 23.5 Å². The van der Waals surface area contributed by atoms with Gasteiger partial charge in [-0.1, -0.05) is 17.4 Å². The zero-order chi connectivity index (χ0) is 25.3. The van der Waals surface area contributed by atoms with Crippen molar-refractivity contribution in [3.05, 3.63) is 48.3 Å². The first-order chi connectivity index (χ1) is 17.4. The summed E-state index contributed by atoms with van der Waals surface area (Å²) >= 11 is 1.41. The van der Waals surface area contributed by atoms with Crippen molar-refractivity contribution in [3.8, 4) is 5.75 Å². The number of sulfonamides is 1. The first-order valence-electron chi connectivity index (χ1n) is 12.0. The highest BCUT2D eigenvalue weighted by Gasteiger charge is 2.37. The Hall–Kier alpha value is -2.60. The van der Waals surface area contributed by atoms with Crippen LogP contribution in [0.5, 0.6) is 5.75 Å². The third-order valence-corrected chi connectivity index (χ3v) is 9.61. The van der Waals surface area contributed by atoms with E-state index in [9.17, 15) is 17.6 Å². The van der Waals surface area contributed by atoms with Gasteiger partial charge < -0.3 is 9.47 Å². The Bertz CT molecular complexity index is 1340. The van der Waals surface area contributed by atoms with E-state index in [1.165, 1.54) is 27.8 Å². The van der Waals surface area contributed by atoms with Crippen molar-refractivity contribution in [3.63, 3.8) is 0 Å². The lowest BCUT2D eigenvalue weighted by Crippen LogP contribution is -2.48. The normalized spacial score (nSPS) is 21.1. The fourth-order valence-electron chi connectivity index (χ4n) is 4.78. The highest BCUT2D eigenvalue weighted by atomic mass is 32.2. The average molecular weight is 534 g/mol. The first kappa shape index (κ1) is 25.1. The number of hydrogen-bond acceptors (Lipinski definition) is 7. The molecule has 2 unspecified atom stereocenters. The predicted octanol–water partition coefficient (Wildman–Crippen LogP) is 4.06. The molecule has 8 nitrogen and oxygen atoms in total. The summed E-state index contributed by atoms with van der Waals surface area (Å²) in [5, 5.41) is 0.550. The Morgan fingerprint density at radius 2 is 2.03 bits per heavy atom. The fourth-order valence-corrected chi connectivity index (χ4v) is 7.31. The number of amides is 1. The van der Waals surface area contributed by atoms with Crippen LogP contribution in [0, 0.1) is 11.7 Å². The van der Waals surface area contributed by atoms with E-state index in [0.29, 0.717) is 48.9 Å². The molecule has 1 aromatic heterocycles. The molecule has 3 aromatic rings. The number of para-hydroxylation sites is 1. The van der Waals surface area contributed by atoms with Gasteiger partial charge in [0, 0.05) is 19.7 Å². The van der Waals surface area contributed by atoms with Crippen molar-refractivity contribution in [2.75, 3.05) is 38.3 Å². The zero-order valence-electron chi connectivity index (χ0n) is 19.9. The number of carbonyl (C=O) groups excluding carboxylic acids is 1. The lowest BCUT2D eigenvalue weighted by atomic mass is 9.98. The van der Waals surface area contributed by atoms with E-state index in [0.717, 1.165) is 29.7 Å². The molecule has 0 bridgehead atoms. The van der Waals surface area contributed by atoms with Crippen molar-refractivity contribution in [2.24, 2.45) is 5.92 Å². The summed E-state index contributed by atoms with van der Waals surface area (Å²) in [6, 6.07) is 10.4. The van der Waals surface area contributed by atoms with Crippen molar-refractivity contribution in [1.82, 2.24) is 9.29 Å². The largest absolute Gasteiger partial charge is 0.494 e. The quantitative estimate of drug-likeness (QED) is 0.455. The molecular weight excluding hydrogens is 505 g/mol. The maximum atomic E-state index is 13.9. The van der Waals surface area contributed by atoms with Gasteiger partial charge in [-0.2, -0.15) is 4.31 Å². The molecular formula is C25H28FN3O5S2. The highest BCUT2D eigenvalue weighted by Crippen LogP contribution is 2.36. The van der Waals surface area contributed by atoms with E-state index in [1.54, 1.807) is 12.0 Å². The smallest absolute Gasteiger partial charge is 0.243 e. The van der Waals surface area contributed by atoms with Gasteiger partial charge in [0.05, 0.1) is 35.3 Å². The summed E-state index contributed by atoms with van der Waals surface area (Å²) in [5.74, 6) is -0.557. The predicted molar refractivity (Wildman–Crippen MR) is 135 cm³/mol. The summed E-state index contributed by atoms with van der Waals surface area (Å²) in [6.45, 7) is 1.40. The lowest BCUT2D eigenvalue weighted by Gasteiger charge is -2.34. The Morgan fingerprint density at radius 1 is 1.22 bits per heavy atom. The monoisotopic (exact) mass is 533 g/mol. The lowest BCUT2D eigenvalue weighted by molar-refractivity contribution is -0.123. The summed E-state index contributed by atoms with van der Waals surface area (Å²) in [7, 11) is -2.26. The molecule has 0 aliphatic carbocycles. The molecule has 0 radical (unpaired) electrons. The fraction of sp³-hybridized carbons (Fsp3) is 0.440. The van der Waals surface area contributed by atoms with E-state index in [2.05, 4.69) is 0 Å². The van der Waals surface area contributed by atoms with Gasteiger partial charge in [-0.25, -0.2) is 17.8 Å². The number of methoxy groups -OCH3 is 1. The summed E-state index contributed by atoms with van der Waals surface area (Å²) in [4.78, 5) is 20.3. The second-order valence-electron chi connectivity index (χ2n) is 9.04. The Kier molecular flexibility index (Phi) is 7.25. The highest BCUT2D eigenvalue weighted by molar-refractivity contribution is 7.89. The minimum atomic E-state index is -3.85. The van der Waals surface area contributed by atoms with Crippen LogP contribution in [0.25, 0.3) is 10.2 Å². The number of carbonyl (C=O) groups is 1. The van der Waals surface area contributed by atoms with Crippen LogP contribution in [0.4, 0.5) is 9.52 Å². The average Bonchev–Trinajstić information content (AvgIpc) is 3.57. The van der Waals surface area contributed by atoms with Gasteiger partial charge in [-0.3, -0.25) is 9.69 Å². The van der Waals surface area contributed by atoms with E-state index in [4.69, 9.17) is 14.5 Å². The number of nitrogens with zero attached hydrogens (tertiary/aromatic N) is 3. The molecule has 2 aliphatic rings.